The molecular weight excluding hydrogens is 414 g/mol. The molecule has 3 N–H and O–H groups in total. The zero-order valence-corrected chi connectivity index (χ0v) is 19.5. The number of rotatable bonds is 8. The lowest BCUT2D eigenvalue weighted by molar-refractivity contribution is -0.114. The molecule has 7 heteroatoms. The van der Waals surface area contributed by atoms with Gasteiger partial charge in [0.1, 0.15) is 5.82 Å². The highest BCUT2D eigenvalue weighted by Gasteiger charge is 2.17. The van der Waals surface area contributed by atoms with Crippen molar-refractivity contribution in [3.05, 3.63) is 59.4 Å². The van der Waals surface area contributed by atoms with E-state index in [1.165, 1.54) is 32.7 Å². The van der Waals surface area contributed by atoms with Crippen LogP contribution in [0.25, 0.3) is 11.0 Å². The molecule has 0 aliphatic carbocycles. The molecule has 2 heterocycles. The van der Waals surface area contributed by atoms with Gasteiger partial charge in [0.25, 0.3) is 5.91 Å². The van der Waals surface area contributed by atoms with Gasteiger partial charge in [-0.15, -0.1) is 0 Å². The number of piperidine rings is 1. The number of carbonyl (C=O) groups is 2. The lowest BCUT2D eigenvalue weighted by Gasteiger charge is -2.33. The number of amides is 2. The van der Waals surface area contributed by atoms with Crippen LogP contribution in [-0.4, -0.2) is 52.4 Å². The molecule has 7 nitrogen and oxygen atoms in total. The normalized spacial score (nSPS) is 16.6. The summed E-state index contributed by atoms with van der Waals surface area (Å²) in [7, 11) is 0. The minimum absolute atomic E-state index is 0.0479. The molecule has 4 rings (SSSR count). The van der Waals surface area contributed by atoms with E-state index in [9.17, 15) is 9.59 Å². The van der Waals surface area contributed by atoms with Crippen molar-refractivity contribution in [2.45, 2.75) is 52.0 Å². The Kier molecular flexibility index (Phi) is 7.40. The fourth-order valence-electron chi connectivity index (χ4n) is 4.47. The van der Waals surface area contributed by atoms with E-state index in [-0.39, 0.29) is 11.8 Å². The van der Waals surface area contributed by atoms with Crippen molar-refractivity contribution in [2.24, 2.45) is 0 Å². The highest BCUT2D eigenvalue weighted by atomic mass is 16.2. The van der Waals surface area contributed by atoms with Crippen LogP contribution in [0.2, 0.25) is 0 Å². The third-order valence-corrected chi connectivity index (χ3v) is 6.29. The summed E-state index contributed by atoms with van der Waals surface area (Å²) in [6, 6.07) is 14.0. The Morgan fingerprint density at radius 2 is 1.97 bits per heavy atom. The SMILES string of the molecule is CC(=O)Nc1ccc(Cc2nc3ccc(C(=O)NCCCN4CCCC[C@@H]4C)cc3[nH]2)cc1. The summed E-state index contributed by atoms with van der Waals surface area (Å²) in [4.78, 5) is 34.3. The van der Waals surface area contributed by atoms with Gasteiger partial charge in [0.15, 0.2) is 0 Å². The fraction of sp³-hybridized carbons (Fsp3) is 0.423. The van der Waals surface area contributed by atoms with Crippen molar-refractivity contribution in [3.63, 3.8) is 0 Å². The molecule has 1 fully saturated rings. The summed E-state index contributed by atoms with van der Waals surface area (Å²) in [5.41, 5.74) is 4.20. The van der Waals surface area contributed by atoms with E-state index in [4.69, 9.17) is 0 Å². The van der Waals surface area contributed by atoms with Crippen LogP contribution in [0.1, 0.15) is 61.3 Å². The lowest BCUT2D eigenvalue weighted by Crippen LogP contribution is -2.39. The van der Waals surface area contributed by atoms with E-state index >= 15 is 0 Å². The van der Waals surface area contributed by atoms with Gasteiger partial charge in [-0.05, 0) is 68.6 Å². The maximum atomic E-state index is 12.6. The van der Waals surface area contributed by atoms with Crippen molar-refractivity contribution < 1.29 is 9.59 Å². The maximum absolute atomic E-state index is 12.6. The number of imidazole rings is 1. The number of anilines is 1. The van der Waals surface area contributed by atoms with Gasteiger partial charge in [0.2, 0.25) is 5.91 Å². The molecule has 0 radical (unpaired) electrons. The second kappa shape index (κ2) is 10.6. The van der Waals surface area contributed by atoms with E-state index in [1.807, 2.05) is 42.5 Å². The molecule has 1 aliphatic heterocycles. The van der Waals surface area contributed by atoms with Crippen molar-refractivity contribution in [2.75, 3.05) is 25.0 Å². The molecule has 174 valence electrons. The van der Waals surface area contributed by atoms with Gasteiger partial charge in [0.05, 0.1) is 11.0 Å². The van der Waals surface area contributed by atoms with Gasteiger partial charge in [0, 0.05) is 43.7 Å². The van der Waals surface area contributed by atoms with E-state index in [1.54, 1.807) is 0 Å². The van der Waals surface area contributed by atoms with Crippen molar-refractivity contribution in [3.8, 4) is 0 Å². The summed E-state index contributed by atoms with van der Waals surface area (Å²) >= 11 is 0. The van der Waals surface area contributed by atoms with Crippen LogP contribution in [0.15, 0.2) is 42.5 Å². The summed E-state index contributed by atoms with van der Waals surface area (Å²) in [5.74, 6) is 0.704. The summed E-state index contributed by atoms with van der Waals surface area (Å²) < 4.78 is 0. The van der Waals surface area contributed by atoms with Gasteiger partial charge in [-0.3, -0.25) is 9.59 Å². The molecular formula is C26H33N5O2. The number of aromatic amines is 1. The quantitative estimate of drug-likeness (QED) is 0.454. The Morgan fingerprint density at radius 3 is 2.73 bits per heavy atom. The number of carbonyl (C=O) groups excluding carboxylic acids is 2. The third-order valence-electron chi connectivity index (χ3n) is 6.29. The number of hydrogen-bond donors (Lipinski definition) is 3. The first kappa shape index (κ1) is 23.0. The van der Waals surface area contributed by atoms with Gasteiger partial charge < -0.3 is 20.5 Å². The third kappa shape index (κ3) is 6.20. The molecule has 2 aromatic carbocycles. The molecule has 0 bridgehead atoms. The number of H-pyrrole nitrogens is 1. The van der Waals surface area contributed by atoms with E-state index in [0.717, 1.165) is 41.1 Å². The van der Waals surface area contributed by atoms with Crippen molar-refractivity contribution >= 4 is 28.5 Å². The molecule has 1 atom stereocenters. The summed E-state index contributed by atoms with van der Waals surface area (Å²) in [6.07, 6.45) is 5.50. The van der Waals surface area contributed by atoms with E-state index in [2.05, 4.69) is 32.4 Å². The smallest absolute Gasteiger partial charge is 0.251 e. The Hall–Kier alpha value is -3.19. The predicted molar refractivity (Wildman–Crippen MR) is 131 cm³/mol. The van der Waals surface area contributed by atoms with Crippen LogP contribution in [0, 0.1) is 0 Å². The zero-order chi connectivity index (χ0) is 23.2. The molecule has 1 aromatic heterocycles. The predicted octanol–water partition coefficient (Wildman–Crippen LogP) is 4.11. The average Bonchev–Trinajstić information content (AvgIpc) is 3.20. The molecule has 2 amide bonds. The van der Waals surface area contributed by atoms with Gasteiger partial charge in [-0.2, -0.15) is 0 Å². The number of hydrogen-bond acceptors (Lipinski definition) is 4. The number of benzene rings is 2. The van der Waals surface area contributed by atoms with Gasteiger partial charge in [-0.25, -0.2) is 4.98 Å². The molecule has 0 saturated carbocycles. The maximum Gasteiger partial charge on any atom is 0.251 e. The topological polar surface area (TPSA) is 90.1 Å². The van der Waals surface area contributed by atoms with Crippen molar-refractivity contribution in [1.82, 2.24) is 20.2 Å². The number of likely N-dealkylation sites (tertiary alicyclic amines) is 1. The first-order valence-corrected chi connectivity index (χ1v) is 11.9. The standard InChI is InChI=1S/C26H33N5O2/c1-18-6-3-4-14-31(18)15-5-13-27-26(33)21-9-12-23-24(17-21)30-25(29-23)16-20-7-10-22(11-8-20)28-19(2)32/h7-12,17-18H,3-6,13-16H2,1-2H3,(H,27,33)(H,28,32)(H,29,30)/t18-/m0/s1. The summed E-state index contributed by atoms with van der Waals surface area (Å²) in [5, 5.41) is 5.82. The largest absolute Gasteiger partial charge is 0.352 e. The highest BCUT2D eigenvalue weighted by Crippen LogP contribution is 2.18. The molecule has 1 saturated heterocycles. The first-order chi connectivity index (χ1) is 16.0. The zero-order valence-electron chi connectivity index (χ0n) is 19.5. The van der Waals surface area contributed by atoms with Gasteiger partial charge >= 0.3 is 0 Å². The minimum atomic E-state index is -0.0866. The summed E-state index contributed by atoms with van der Waals surface area (Å²) in [6.45, 7) is 6.69. The monoisotopic (exact) mass is 447 g/mol. The Labute approximate surface area is 195 Å². The fourth-order valence-corrected chi connectivity index (χ4v) is 4.47. The Morgan fingerprint density at radius 1 is 1.15 bits per heavy atom. The molecule has 3 aromatic rings. The lowest BCUT2D eigenvalue weighted by atomic mass is 10.0. The van der Waals surface area contributed by atoms with Crippen LogP contribution in [-0.2, 0) is 11.2 Å². The number of aromatic nitrogens is 2. The first-order valence-electron chi connectivity index (χ1n) is 11.9. The number of nitrogens with zero attached hydrogens (tertiary/aromatic N) is 2. The average molecular weight is 448 g/mol. The number of nitrogens with one attached hydrogen (secondary N) is 3. The Balaban J connectivity index is 1.31. The van der Waals surface area contributed by atoms with Crippen LogP contribution < -0.4 is 10.6 Å². The number of fused-ring (bicyclic) bond motifs is 1. The minimum Gasteiger partial charge on any atom is -0.352 e. The van der Waals surface area contributed by atoms with Crippen LogP contribution in [0.4, 0.5) is 5.69 Å². The molecule has 1 aliphatic rings. The van der Waals surface area contributed by atoms with Crippen molar-refractivity contribution in [1.29, 1.82) is 0 Å². The second-order valence-corrected chi connectivity index (χ2v) is 8.96. The van der Waals surface area contributed by atoms with Crippen LogP contribution in [0.5, 0.6) is 0 Å². The van der Waals surface area contributed by atoms with Crippen LogP contribution in [0.3, 0.4) is 0 Å². The molecule has 0 unspecified atom stereocenters. The second-order valence-electron chi connectivity index (χ2n) is 8.96. The van der Waals surface area contributed by atoms with Gasteiger partial charge in [-0.1, -0.05) is 18.6 Å². The van der Waals surface area contributed by atoms with E-state index < -0.39 is 0 Å². The van der Waals surface area contributed by atoms with E-state index in [0.29, 0.717) is 24.6 Å². The molecule has 0 spiro atoms. The molecule has 33 heavy (non-hydrogen) atoms. The van der Waals surface area contributed by atoms with Crippen LogP contribution >= 0.6 is 0 Å². The highest BCUT2D eigenvalue weighted by molar-refractivity contribution is 5.97. The Bertz CT molecular complexity index is 1110.